The van der Waals surface area contributed by atoms with Crippen molar-refractivity contribution < 1.29 is 9.53 Å². The maximum atomic E-state index is 13.1. The Morgan fingerprint density at radius 1 is 1.04 bits per heavy atom. The highest BCUT2D eigenvalue weighted by Crippen LogP contribution is 2.56. The molecular weight excluding hydrogens is 298 g/mol. The van der Waals surface area contributed by atoms with Crippen LogP contribution < -0.4 is 4.74 Å². The van der Waals surface area contributed by atoms with Crippen LogP contribution in [0.4, 0.5) is 0 Å². The first-order valence-corrected chi connectivity index (χ1v) is 9.60. The molecule has 4 fully saturated rings. The second-order valence-corrected chi connectivity index (χ2v) is 8.23. The molecule has 0 aliphatic heterocycles. The largest absolute Gasteiger partial charge is 0.494 e. The van der Waals surface area contributed by atoms with Crippen molar-refractivity contribution in [2.24, 2.45) is 29.6 Å². The Kier molecular flexibility index (Phi) is 4.28. The molecule has 0 aromatic heterocycles. The summed E-state index contributed by atoms with van der Waals surface area (Å²) in [6.45, 7) is 3.38. The van der Waals surface area contributed by atoms with Crippen LogP contribution >= 0.6 is 0 Å². The molecule has 1 aromatic carbocycles. The molecule has 1 amide bonds. The molecule has 5 rings (SSSR count). The summed E-state index contributed by atoms with van der Waals surface area (Å²) in [7, 11) is 1.98. The van der Waals surface area contributed by atoms with Gasteiger partial charge in [0.25, 0.3) is 0 Å². The van der Waals surface area contributed by atoms with Gasteiger partial charge in [0.15, 0.2) is 0 Å². The molecule has 0 atom stereocenters. The first-order valence-electron chi connectivity index (χ1n) is 9.60. The van der Waals surface area contributed by atoms with Gasteiger partial charge in [0, 0.05) is 19.5 Å². The summed E-state index contributed by atoms with van der Waals surface area (Å²) in [5.41, 5.74) is 1.18. The van der Waals surface area contributed by atoms with E-state index in [1.807, 2.05) is 31.0 Å². The molecule has 24 heavy (non-hydrogen) atoms. The van der Waals surface area contributed by atoms with Gasteiger partial charge < -0.3 is 9.64 Å². The van der Waals surface area contributed by atoms with Crippen molar-refractivity contribution >= 4 is 5.91 Å². The number of benzene rings is 1. The van der Waals surface area contributed by atoms with E-state index in [4.69, 9.17) is 4.74 Å². The van der Waals surface area contributed by atoms with Gasteiger partial charge in [0.05, 0.1) is 6.61 Å². The molecule has 0 heterocycles. The van der Waals surface area contributed by atoms with Gasteiger partial charge in [-0.2, -0.15) is 0 Å². The van der Waals surface area contributed by atoms with Crippen molar-refractivity contribution in [1.82, 2.24) is 4.90 Å². The molecule has 4 bridgehead atoms. The van der Waals surface area contributed by atoms with E-state index in [0.29, 0.717) is 36.8 Å². The molecule has 130 valence electrons. The van der Waals surface area contributed by atoms with E-state index in [1.165, 1.54) is 37.7 Å². The SMILES string of the molecule is CCOc1ccc(CN(C)C(=O)C2C3CC4CC(C3)CC2C4)cc1. The normalized spacial score (nSPS) is 33.5. The highest BCUT2D eigenvalue weighted by atomic mass is 16.5. The van der Waals surface area contributed by atoms with Gasteiger partial charge in [-0.05, 0) is 80.4 Å². The number of rotatable bonds is 5. The summed E-state index contributed by atoms with van der Waals surface area (Å²) in [6.07, 6.45) is 6.66. The summed E-state index contributed by atoms with van der Waals surface area (Å²) in [5, 5.41) is 0. The van der Waals surface area contributed by atoms with Crippen LogP contribution in [0.1, 0.15) is 44.6 Å². The van der Waals surface area contributed by atoms with Gasteiger partial charge in [-0.3, -0.25) is 4.79 Å². The van der Waals surface area contributed by atoms with Crippen LogP contribution in [0.5, 0.6) is 5.75 Å². The van der Waals surface area contributed by atoms with E-state index < -0.39 is 0 Å². The van der Waals surface area contributed by atoms with Crippen molar-refractivity contribution in [2.45, 2.75) is 45.6 Å². The maximum Gasteiger partial charge on any atom is 0.226 e. The maximum absolute atomic E-state index is 13.1. The Balaban J connectivity index is 1.41. The summed E-state index contributed by atoms with van der Waals surface area (Å²) < 4.78 is 5.49. The van der Waals surface area contributed by atoms with Crippen LogP contribution in [0.15, 0.2) is 24.3 Å². The van der Waals surface area contributed by atoms with E-state index in [9.17, 15) is 4.79 Å². The fourth-order valence-corrected chi connectivity index (χ4v) is 5.79. The average molecular weight is 327 g/mol. The molecule has 3 nitrogen and oxygen atoms in total. The van der Waals surface area contributed by atoms with E-state index >= 15 is 0 Å². The standard InChI is InChI=1S/C21H29NO2/c1-3-24-19-6-4-14(5-7-19)13-22(2)21(23)20-17-9-15-8-16(11-17)12-18(20)10-15/h4-7,15-18,20H,3,8-13H2,1-2H3. The van der Waals surface area contributed by atoms with Crippen LogP contribution in [0, 0.1) is 29.6 Å². The molecule has 0 N–H and O–H groups in total. The second kappa shape index (κ2) is 6.42. The third kappa shape index (κ3) is 2.94. The summed E-state index contributed by atoms with van der Waals surface area (Å²) in [6, 6.07) is 8.15. The molecule has 4 aliphatic rings. The third-order valence-corrected chi connectivity index (χ3v) is 6.54. The van der Waals surface area contributed by atoms with E-state index in [2.05, 4.69) is 12.1 Å². The number of amides is 1. The fraction of sp³-hybridized carbons (Fsp3) is 0.667. The molecule has 0 spiro atoms. The zero-order valence-electron chi connectivity index (χ0n) is 14.9. The van der Waals surface area contributed by atoms with E-state index in [0.717, 1.165) is 17.6 Å². The zero-order valence-corrected chi connectivity index (χ0v) is 14.9. The van der Waals surface area contributed by atoms with Crippen molar-refractivity contribution in [3.05, 3.63) is 29.8 Å². The van der Waals surface area contributed by atoms with Crippen LogP contribution in [-0.2, 0) is 11.3 Å². The predicted molar refractivity (Wildman–Crippen MR) is 94.6 cm³/mol. The number of nitrogens with zero attached hydrogens (tertiary/aromatic N) is 1. The topological polar surface area (TPSA) is 29.5 Å². The minimum atomic E-state index is 0.297. The van der Waals surface area contributed by atoms with Crippen molar-refractivity contribution in [3.63, 3.8) is 0 Å². The molecule has 4 saturated carbocycles. The quantitative estimate of drug-likeness (QED) is 0.814. The number of carbonyl (C=O) groups excluding carboxylic acids is 1. The Morgan fingerprint density at radius 2 is 1.62 bits per heavy atom. The molecule has 1 aromatic rings. The number of ether oxygens (including phenoxy) is 1. The smallest absolute Gasteiger partial charge is 0.226 e. The van der Waals surface area contributed by atoms with Crippen molar-refractivity contribution in [1.29, 1.82) is 0 Å². The molecule has 0 saturated heterocycles. The minimum absolute atomic E-state index is 0.297. The van der Waals surface area contributed by atoms with Crippen LogP contribution in [0.3, 0.4) is 0 Å². The lowest BCUT2D eigenvalue weighted by Crippen LogP contribution is -2.51. The van der Waals surface area contributed by atoms with Crippen LogP contribution in [0.25, 0.3) is 0 Å². The molecule has 4 aliphatic carbocycles. The molecule has 0 radical (unpaired) electrons. The molecule has 3 heteroatoms. The lowest BCUT2D eigenvalue weighted by Gasteiger charge is -2.54. The van der Waals surface area contributed by atoms with Gasteiger partial charge in [-0.1, -0.05) is 12.1 Å². The minimum Gasteiger partial charge on any atom is -0.494 e. The van der Waals surface area contributed by atoms with E-state index in [-0.39, 0.29) is 0 Å². The first kappa shape index (κ1) is 16.0. The van der Waals surface area contributed by atoms with Gasteiger partial charge in [-0.15, -0.1) is 0 Å². The Labute approximate surface area is 145 Å². The summed E-state index contributed by atoms with van der Waals surface area (Å²) >= 11 is 0. The first-order chi connectivity index (χ1) is 11.6. The van der Waals surface area contributed by atoms with Crippen LogP contribution in [0.2, 0.25) is 0 Å². The predicted octanol–water partition coefficient (Wildman–Crippen LogP) is 4.12. The Hall–Kier alpha value is -1.51. The fourth-order valence-electron chi connectivity index (χ4n) is 5.79. The third-order valence-electron chi connectivity index (χ3n) is 6.54. The summed E-state index contributed by atoms with van der Waals surface area (Å²) in [5.74, 6) is 4.76. The monoisotopic (exact) mass is 327 g/mol. The lowest BCUT2D eigenvalue weighted by molar-refractivity contribution is -0.148. The zero-order chi connectivity index (χ0) is 16.7. The average Bonchev–Trinajstić information content (AvgIpc) is 2.55. The van der Waals surface area contributed by atoms with Crippen molar-refractivity contribution in [3.8, 4) is 5.75 Å². The molecule has 0 unspecified atom stereocenters. The van der Waals surface area contributed by atoms with Gasteiger partial charge in [-0.25, -0.2) is 0 Å². The Morgan fingerprint density at radius 3 is 2.17 bits per heavy atom. The Bertz CT molecular complexity index is 566. The summed E-state index contributed by atoms with van der Waals surface area (Å²) in [4.78, 5) is 15.1. The van der Waals surface area contributed by atoms with Crippen LogP contribution in [-0.4, -0.2) is 24.5 Å². The van der Waals surface area contributed by atoms with Gasteiger partial charge in [0.1, 0.15) is 5.75 Å². The lowest BCUT2D eigenvalue weighted by atomic mass is 9.51. The number of carbonyl (C=O) groups is 1. The number of hydrogen-bond acceptors (Lipinski definition) is 2. The van der Waals surface area contributed by atoms with Crippen molar-refractivity contribution in [2.75, 3.05) is 13.7 Å². The highest BCUT2D eigenvalue weighted by Gasteiger charge is 2.51. The van der Waals surface area contributed by atoms with Gasteiger partial charge in [0.2, 0.25) is 5.91 Å². The van der Waals surface area contributed by atoms with Gasteiger partial charge >= 0.3 is 0 Å². The van der Waals surface area contributed by atoms with E-state index in [1.54, 1.807) is 0 Å². The second-order valence-electron chi connectivity index (χ2n) is 8.23. The molecular formula is C21H29NO2. The highest BCUT2D eigenvalue weighted by molar-refractivity contribution is 5.79. The number of hydrogen-bond donors (Lipinski definition) is 0.